The number of aryl methyl sites for hydroxylation is 1. The number of rotatable bonds is 16. The van der Waals surface area contributed by atoms with Crippen LogP contribution in [-0.2, 0) is 31.9 Å². The number of aromatic nitrogens is 3. The Kier molecular flexibility index (Phi) is 14.7. The Morgan fingerprint density at radius 3 is 2.40 bits per heavy atom. The van der Waals surface area contributed by atoms with Gasteiger partial charge in [-0.3, -0.25) is 33.5 Å². The third-order valence-electron chi connectivity index (χ3n) is 12.3. The van der Waals surface area contributed by atoms with Gasteiger partial charge in [0.05, 0.1) is 16.1 Å². The number of piperazine rings is 1. The van der Waals surface area contributed by atoms with E-state index in [1.54, 1.807) is 13.0 Å². The number of nitrogens with one attached hydrogen (secondary N) is 2. The number of pyridine rings is 1. The van der Waals surface area contributed by atoms with Gasteiger partial charge in [0.1, 0.15) is 34.8 Å². The second kappa shape index (κ2) is 20.3. The Morgan fingerprint density at radius 2 is 1.73 bits per heavy atom. The molecule has 2 aliphatic heterocycles. The van der Waals surface area contributed by atoms with E-state index in [2.05, 4.69) is 25.5 Å². The van der Waals surface area contributed by atoms with E-state index < -0.39 is 52.2 Å². The number of benzene rings is 2. The van der Waals surface area contributed by atoms with Gasteiger partial charge in [0.25, 0.3) is 17.9 Å². The average molecular weight is 892 g/mol. The van der Waals surface area contributed by atoms with E-state index >= 15 is 4.39 Å². The summed E-state index contributed by atoms with van der Waals surface area (Å²) in [6.07, 6.45) is 3.95. The Bertz CT molecular complexity index is 2420. The standard InChI is InChI=1S/C44H52F3N9O6S/c1-28-21-38(36(45)24-34(28)42(60)55(27-58)37(11-6-20-57)41(59)48-2)53-18-16-52(17-19-53)26-29-7-5-10-33(22-29)63(62)54-14-12-31(13-15-54)50-44-49-25-30-23-35(39(46)47)43(61)56(40(30)51-44)32-8-3-4-9-32/h5,7,10,20-25,27,31-32,37,39H,3-4,6,8-9,11-19,26H2,1-2H3,(H,48,59)(H,49,50,51). The molecule has 2 aromatic heterocycles. The Morgan fingerprint density at radius 1 is 1.00 bits per heavy atom. The fourth-order valence-electron chi connectivity index (χ4n) is 8.85. The predicted molar refractivity (Wildman–Crippen MR) is 231 cm³/mol. The zero-order valence-corrected chi connectivity index (χ0v) is 36.1. The minimum absolute atomic E-state index is 0.0220. The number of hydrogen-bond donors (Lipinski definition) is 2. The first-order chi connectivity index (χ1) is 30.4. The monoisotopic (exact) mass is 891 g/mol. The summed E-state index contributed by atoms with van der Waals surface area (Å²) in [4.78, 5) is 76.5. The third-order valence-corrected chi connectivity index (χ3v) is 13.8. The summed E-state index contributed by atoms with van der Waals surface area (Å²) < 4.78 is 60.4. The number of carbonyl (C=O) groups excluding carboxylic acids is 4. The molecule has 19 heteroatoms. The van der Waals surface area contributed by atoms with Crippen LogP contribution in [0.1, 0.15) is 90.9 Å². The van der Waals surface area contributed by atoms with Gasteiger partial charge in [-0.25, -0.2) is 26.7 Å². The first-order valence-electron chi connectivity index (χ1n) is 21.3. The molecule has 336 valence electrons. The normalized spacial score (nSPS) is 17.8. The molecule has 1 saturated carbocycles. The quantitative estimate of drug-likeness (QED) is 0.147. The Hall–Kier alpha value is -5.53. The molecule has 1 aliphatic carbocycles. The van der Waals surface area contributed by atoms with Crippen molar-refractivity contribution in [2.75, 3.05) is 56.5 Å². The van der Waals surface area contributed by atoms with E-state index in [4.69, 9.17) is 0 Å². The zero-order chi connectivity index (χ0) is 44.8. The molecular weight excluding hydrogens is 840 g/mol. The van der Waals surface area contributed by atoms with Crippen LogP contribution in [-0.4, -0.2) is 116 Å². The van der Waals surface area contributed by atoms with Crippen molar-refractivity contribution >= 4 is 58.2 Å². The largest absolute Gasteiger partial charge is 0.367 e. The lowest BCUT2D eigenvalue weighted by Crippen LogP contribution is -2.48. The fourth-order valence-corrected chi connectivity index (χ4v) is 10.1. The van der Waals surface area contributed by atoms with Crippen molar-refractivity contribution < 1.29 is 36.6 Å². The van der Waals surface area contributed by atoms with Crippen molar-refractivity contribution in [3.8, 4) is 0 Å². The molecule has 7 rings (SSSR count). The highest BCUT2D eigenvalue weighted by molar-refractivity contribution is 7.82. The van der Waals surface area contributed by atoms with Crippen LogP contribution < -0.4 is 21.1 Å². The molecule has 4 aromatic rings. The Balaban J connectivity index is 0.928. The fraction of sp³-hybridized carbons (Fsp3) is 0.477. The second-order valence-electron chi connectivity index (χ2n) is 16.3. The lowest BCUT2D eigenvalue weighted by molar-refractivity contribution is -0.131. The maximum Gasteiger partial charge on any atom is 0.269 e. The lowest BCUT2D eigenvalue weighted by atomic mass is 10.0. The second-order valence-corrected chi connectivity index (χ2v) is 17.8. The maximum atomic E-state index is 15.7. The van der Waals surface area contributed by atoms with Crippen LogP contribution >= 0.6 is 0 Å². The molecule has 2 aromatic carbocycles. The molecule has 3 fully saturated rings. The third kappa shape index (κ3) is 10.2. The number of carbonyl (C=O) groups is 4. The van der Waals surface area contributed by atoms with Crippen LogP contribution in [0, 0.1) is 12.7 Å². The number of imide groups is 1. The molecule has 15 nitrogen and oxygen atoms in total. The summed E-state index contributed by atoms with van der Waals surface area (Å²) in [5.41, 5.74) is 0.803. The van der Waals surface area contributed by atoms with Crippen LogP contribution in [0.5, 0.6) is 0 Å². The van der Waals surface area contributed by atoms with E-state index in [1.807, 2.05) is 33.5 Å². The highest BCUT2D eigenvalue weighted by Gasteiger charge is 2.32. The summed E-state index contributed by atoms with van der Waals surface area (Å²) in [5, 5.41) is 6.16. The lowest BCUT2D eigenvalue weighted by Gasteiger charge is -2.36. The van der Waals surface area contributed by atoms with E-state index in [0.29, 0.717) is 103 Å². The van der Waals surface area contributed by atoms with Crippen LogP contribution in [0.15, 0.2) is 58.4 Å². The van der Waals surface area contributed by atoms with Gasteiger partial charge in [0.15, 0.2) is 0 Å². The molecule has 2 unspecified atom stereocenters. The molecule has 2 atom stereocenters. The number of nitrogens with zero attached hydrogens (tertiary/aromatic N) is 7. The molecule has 2 N–H and O–H groups in total. The molecule has 0 spiro atoms. The van der Waals surface area contributed by atoms with Crippen molar-refractivity contribution in [1.82, 2.24) is 34.0 Å². The van der Waals surface area contributed by atoms with E-state index in [0.717, 1.165) is 37.3 Å². The summed E-state index contributed by atoms with van der Waals surface area (Å²) >= 11 is 0. The van der Waals surface area contributed by atoms with Gasteiger partial charge in [-0.15, -0.1) is 0 Å². The summed E-state index contributed by atoms with van der Waals surface area (Å²) in [6, 6.07) is 10.1. The molecule has 4 heterocycles. The van der Waals surface area contributed by atoms with Gasteiger partial charge in [0.2, 0.25) is 18.3 Å². The van der Waals surface area contributed by atoms with Crippen molar-refractivity contribution in [3.05, 3.63) is 87.1 Å². The molecule has 2 saturated heterocycles. The first-order valence-corrected chi connectivity index (χ1v) is 22.4. The topological polar surface area (TPSA) is 170 Å². The Labute approximate surface area is 365 Å². The number of hydrogen-bond acceptors (Lipinski definition) is 11. The van der Waals surface area contributed by atoms with Crippen molar-refractivity contribution in [1.29, 1.82) is 0 Å². The average Bonchev–Trinajstić information content (AvgIpc) is 3.83. The van der Waals surface area contributed by atoms with E-state index in [1.165, 1.54) is 23.9 Å². The van der Waals surface area contributed by atoms with Crippen LogP contribution in [0.25, 0.3) is 11.0 Å². The van der Waals surface area contributed by atoms with E-state index in [9.17, 15) is 37.0 Å². The van der Waals surface area contributed by atoms with Gasteiger partial charge in [-0.05, 0) is 80.5 Å². The van der Waals surface area contributed by atoms with Crippen molar-refractivity contribution in [2.45, 2.75) is 94.3 Å². The highest BCUT2D eigenvalue weighted by atomic mass is 32.2. The summed E-state index contributed by atoms with van der Waals surface area (Å²) in [7, 11) is -0.0471. The molecular formula is C44H52F3N9O6S. The van der Waals surface area contributed by atoms with Crippen LogP contribution in [0.4, 0.5) is 24.8 Å². The van der Waals surface area contributed by atoms with Gasteiger partial charge < -0.3 is 20.3 Å². The number of amides is 3. The number of fused-ring (bicyclic) bond motifs is 1. The number of alkyl halides is 2. The minimum atomic E-state index is -2.89. The van der Waals surface area contributed by atoms with Gasteiger partial charge >= 0.3 is 0 Å². The number of anilines is 2. The summed E-state index contributed by atoms with van der Waals surface area (Å²) in [5.74, 6) is -1.76. The van der Waals surface area contributed by atoms with E-state index in [-0.39, 0.29) is 36.9 Å². The number of piperidine rings is 1. The van der Waals surface area contributed by atoms with Gasteiger partial charge in [0, 0.05) is 88.5 Å². The van der Waals surface area contributed by atoms with Gasteiger partial charge in [-0.2, -0.15) is 4.98 Å². The smallest absolute Gasteiger partial charge is 0.269 e. The number of likely N-dealkylation sites (N-methyl/N-ethyl adjacent to an activating group) is 1. The molecule has 0 bridgehead atoms. The molecule has 63 heavy (non-hydrogen) atoms. The van der Waals surface area contributed by atoms with Crippen LogP contribution in [0.3, 0.4) is 0 Å². The predicted octanol–water partition coefficient (Wildman–Crippen LogP) is 4.91. The summed E-state index contributed by atoms with van der Waals surface area (Å²) in [6.45, 7) is 5.59. The van der Waals surface area contributed by atoms with Crippen LogP contribution in [0.2, 0.25) is 0 Å². The SMILES string of the molecule is CNC(=O)C(CCC=O)N(C=O)C(=O)c1cc(F)c(N2CCN(Cc3cccc(S(=O)N4CCC(Nc5ncc6cc(C(F)F)c(=O)n(C7CCCC7)c6n5)CC4)c3)CC2)cc1C. The number of aldehydes is 1. The molecule has 3 aliphatic rings. The maximum absolute atomic E-state index is 15.7. The minimum Gasteiger partial charge on any atom is -0.367 e. The van der Waals surface area contributed by atoms with Gasteiger partial charge in [-0.1, -0.05) is 25.0 Å². The number of halogens is 3. The van der Waals surface area contributed by atoms with Crippen molar-refractivity contribution in [3.63, 3.8) is 0 Å². The zero-order valence-electron chi connectivity index (χ0n) is 35.3. The van der Waals surface area contributed by atoms with Crippen molar-refractivity contribution in [2.24, 2.45) is 0 Å². The molecule has 3 amide bonds. The molecule has 0 radical (unpaired) electrons. The first kappa shape index (κ1) is 45.5. The highest BCUT2D eigenvalue weighted by Crippen LogP contribution is 2.32.